The molecule has 31 heavy (non-hydrogen) atoms. The van der Waals surface area contributed by atoms with Crippen molar-refractivity contribution in [1.82, 2.24) is 9.80 Å². The molecule has 0 N–H and O–H groups in total. The van der Waals surface area contributed by atoms with E-state index in [9.17, 15) is 9.59 Å². The van der Waals surface area contributed by atoms with Gasteiger partial charge in [-0.25, -0.2) is 0 Å². The number of hydrogen-bond donors (Lipinski definition) is 0. The molecule has 3 aromatic rings. The molecule has 0 bridgehead atoms. The molecular weight excluding hydrogens is 534 g/mol. The molecule has 0 aromatic heterocycles. The Hall–Kier alpha value is -2.14. The number of nitrogens with zero attached hydrogens (tertiary/aromatic N) is 2. The maximum atomic E-state index is 9.88. The van der Waals surface area contributed by atoms with E-state index >= 15 is 0 Å². The minimum absolute atomic E-state index is 0.324. The molecule has 0 saturated heterocycles. The number of hydrogen-bond acceptors (Lipinski definition) is 4. The van der Waals surface area contributed by atoms with Crippen molar-refractivity contribution in [2.24, 2.45) is 0 Å². The van der Waals surface area contributed by atoms with Gasteiger partial charge in [-0.05, 0) is 0 Å². The molecule has 0 unspecified atom stereocenters. The molecule has 3 aromatic carbocycles. The summed E-state index contributed by atoms with van der Waals surface area (Å²) in [6, 6.07) is 32.9. The zero-order chi connectivity index (χ0) is 23.2. The molecule has 3 rings (SSSR count). The quantitative estimate of drug-likeness (QED) is 0.365. The van der Waals surface area contributed by atoms with Crippen LogP contribution in [0.3, 0.4) is 0 Å². The van der Waals surface area contributed by atoms with Crippen molar-refractivity contribution in [3.63, 3.8) is 0 Å². The molecule has 0 aliphatic rings. The first kappa shape index (κ1) is 26.9. The molecule has 0 aliphatic carbocycles. The first-order valence-corrected chi connectivity index (χ1v) is 14.1. The fourth-order valence-corrected chi connectivity index (χ4v) is 8.76. The van der Waals surface area contributed by atoms with E-state index in [2.05, 4.69) is 116 Å². The van der Waals surface area contributed by atoms with Gasteiger partial charge >= 0.3 is 122 Å². The normalized spacial score (nSPS) is 9.45. The molecule has 2 amide bonds. The summed E-state index contributed by atoms with van der Waals surface area (Å²) >= 11 is 6.55. The third-order valence-corrected chi connectivity index (χ3v) is 11.5. The Morgan fingerprint density at radius 1 is 0.548 bits per heavy atom. The second-order valence-corrected chi connectivity index (χ2v) is 13.7. The van der Waals surface area contributed by atoms with Gasteiger partial charge in [-0.1, -0.05) is 0 Å². The maximum absolute atomic E-state index is 9.88. The summed E-state index contributed by atoms with van der Waals surface area (Å²) in [6.07, 6.45) is 0. The molecule has 0 spiro atoms. The van der Waals surface area contributed by atoms with Crippen LogP contribution in [-0.4, -0.2) is 68.7 Å². The summed E-state index contributed by atoms with van der Waals surface area (Å²) in [6.45, 7) is 0. The predicted octanol–water partition coefficient (Wildman–Crippen LogP) is 2.63. The van der Waals surface area contributed by atoms with E-state index < -0.39 is 20.2 Å². The van der Waals surface area contributed by atoms with Crippen LogP contribution < -0.4 is 10.5 Å². The Balaban J connectivity index is 0.000000333. The van der Waals surface area contributed by atoms with Crippen LogP contribution >= 0.6 is 0 Å². The minimum atomic E-state index is -1.83. The molecule has 0 aliphatic heterocycles. The van der Waals surface area contributed by atoms with Crippen LogP contribution in [0.15, 0.2) is 91.0 Å². The Labute approximate surface area is 204 Å². The van der Waals surface area contributed by atoms with Gasteiger partial charge in [0.25, 0.3) is 0 Å². The third-order valence-electron chi connectivity index (χ3n) is 3.77. The summed E-state index contributed by atoms with van der Waals surface area (Å²) in [5, 5.41) is -0.648. The molecule has 7 heteroatoms. The van der Waals surface area contributed by atoms with Gasteiger partial charge in [-0.2, -0.15) is 0 Å². The van der Waals surface area contributed by atoms with E-state index in [-0.39, 0.29) is 10.5 Å². The molecule has 4 nitrogen and oxygen atoms in total. The molecule has 164 valence electrons. The summed E-state index contributed by atoms with van der Waals surface area (Å²) in [4.78, 5) is 22.5. The second-order valence-electron chi connectivity index (χ2n) is 6.66. The average Bonchev–Trinajstić information content (AvgIpc) is 2.77. The monoisotopic (exact) mass is 560 g/mol. The van der Waals surface area contributed by atoms with Crippen LogP contribution in [-0.2, 0) is 25.3 Å². The van der Waals surface area contributed by atoms with E-state index in [0.29, 0.717) is 0 Å². The Morgan fingerprint density at radius 2 is 0.742 bits per heavy atom. The Kier molecular flexibility index (Phi) is 12.8. The molecule has 0 saturated carbocycles. The first-order valence-electron chi connectivity index (χ1n) is 9.46. The summed E-state index contributed by atoms with van der Waals surface area (Å²) in [7, 11) is 6.48. The van der Waals surface area contributed by atoms with Crippen molar-refractivity contribution in [3.8, 4) is 0 Å². The van der Waals surface area contributed by atoms with Crippen LogP contribution in [0.5, 0.6) is 0 Å². The van der Waals surface area contributed by atoms with E-state index in [1.54, 1.807) is 28.2 Å². The van der Waals surface area contributed by atoms with Gasteiger partial charge in [0.15, 0.2) is 0 Å². The van der Waals surface area contributed by atoms with Gasteiger partial charge in [-0.15, -0.1) is 0 Å². The van der Waals surface area contributed by atoms with Gasteiger partial charge in [0.05, 0.1) is 0 Å². The SMILES string of the molecule is CN(C)C(=O)[S-].CN(C)C(=O)[S-].c1cc[c]([Sb]([c]2ccccc2)[c]2ccccc2)cc1. The standard InChI is InChI=1S/3C6H5.2C3H7NOS.Sb/c3*1-2-4-6-5-3-1;2*1-4(2)3(5)6;/h3*1-5H;2*1-2H3,(H,5,6);/p-2. The fourth-order valence-electron chi connectivity index (χ4n) is 2.18. The average molecular weight is 561 g/mol. The van der Waals surface area contributed by atoms with Gasteiger partial charge < -0.3 is 44.6 Å². The molecule has 0 radical (unpaired) electrons. The van der Waals surface area contributed by atoms with Crippen molar-refractivity contribution in [1.29, 1.82) is 0 Å². The van der Waals surface area contributed by atoms with Crippen molar-refractivity contribution in [2.75, 3.05) is 28.2 Å². The predicted molar refractivity (Wildman–Crippen MR) is 137 cm³/mol. The molecule has 0 heterocycles. The van der Waals surface area contributed by atoms with E-state index in [1.807, 2.05) is 0 Å². The van der Waals surface area contributed by atoms with Crippen LogP contribution in [0.1, 0.15) is 0 Å². The van der Waals surface area contributed by atoms with Crippen molar-refractivity contribution in [3.05, 3.63) is 91.0 Å². The number of rotatable bonds is 3. The van der Waals surface area contributed by atoms with Crippen LogP contribution in [0.4, 0.5) is 9.59 Å². The van der Waals surface area contributed by atoms with Crippen LogP contribution in [0.25, 0.3) is 0 Å². The van der Waals surface area contributed by atoms with E-state index in [1.165, 1.54) is 20.3 Å². The zero-order valence-corrected chi connectivity index (χ0v) is 22.3. The first-order chi connectivity index (χ1) is 14.7. The Bertz CT molecular complexity index is 797. The summed E-state index contributed by atoms with van der Waals surface area (Å²) in [5.41, 5.74) is 0. The molecule has 0 fully saturated rings. The molecular formula is C24H27N2O2S2Sb-2. The van der Waals surface area contributed by atoms with Crippen molar-refractivity contribution >= 4 is 66.5 Å². The number of carbonyl (C=O) groups excluding carboxylic acids is 2. The molecule has 0 atom stereocenters. The van der Waals surface area contributed by atoms with Crippen molar-refractivity contribution < 1.29 is 9.59 Å². The van der Waals surface area contributed by atoms with E-state index in [0.717, 1.165) is 0 Å². The topological polar surface area (TPSA) is 40.6 Å². The van der Waals surface area contributed by atoms with E-state index in [4.69, 9.17) is 0 Å². The van der Waals surface area contributed by atoms with Gasteiger partial charge in [-0.3, -0.25) is 0 Å². The van der Waals surface area contributed by atoms with Gasteiger partial charge in [0.2, 0.25) is 0 Å². The number of carbonyl (C=O) groups is 2. The zero-order valence-electron chi connectivity index (χ0n) is 18.1. The van der Waals surface area contributed by atoms with Gasteiger partial charge in [0, 0.05) is 28.2 Å². The second kappa shape index (κ2) is 14.8. The third kappa shape index (κ3) is 10.6. The number of amides is 2. The fraction of sp³-hybridized carbons (Fsp3) is 0.167. The van der Waals surface area contributed by atoms with Gasteiger partial charge in [0.1, 0.15) is 10.5 Å². The van der Waals surface area contributed by atoms with Crippen molar-refractivity contribution in [2.45, 2.75) is 0 Å². The van der Waals surface area contributed by atoms with Crippen LogP contribution in [0.2, 0.25) is 0 Å². The summed E-state index contributed by atoms with van der Waals surface area (Å²) < 4.78 is 4.55. The van der Waals surface area contributed by atoms with Crippen LogP contribution in [0, 0.1) is 0 Å². The number of benzene rings is 3. The summed E-state index contributed by atoms with van der Waals surface area (Å²) in [5.74, 6) is 0. The Morgan fingerprint density at radius 3 is 0.903 bits per heavy atom.